The summed E-state index contributed by atoms with van der Waals surface area (Å²) in [5, 5.41) is 15.6. The third-order valence-corrected chi connectivity index (χ3v) is 6.47. The number of methoxy groups -OCH3 is 1. The number of benzene rings is 2. The summed E-state index contributed by atoms with van der Waals surface area (Å²) in [6.07, 6.45) is 2.24. The molecular weight excluding hydrogens is 499 g/mol. The molecule has 2 aromatic heterocycles. The molecule has 4 N–H and O–H groups in total. The molecule has 1 atom stereocenters. The van der Waals surface area contributed by atoms with Crippen molar-refractivity contribution < 1.29 is 23.8 Å². The summed E-state index contributed by atoms with van der Waals surface area (Å²) in [6.45, 7) is 4.01. The third kappa shape index (κ3) is 6.81. The highest BCUT2D eigenvalue weighted by molar-refractivity contribution is 5.99. The molecule has 1 unspecified atom stereocenters. The molecule has 2 heterocycles. The molecule has 0 aliphatic heterocycles. The van der Waals surface area contributed by atoms with Crippen molar-refractivity contribution in [1.82, 2.24) is 15.3 Å². The minimum absolute atomic E-state index is 0.108. The highest BCUT2D eigenvalue weighted by Gasteiger charge is 2.24. The van der Waals surface area contributed by atoms with Crippen LogP contribution < -0.4 is 15.4 Å². The fourth-order valence-electron chi connectivity index (χ4n) is 4.44. The molecule has 2 aromatic carbocycles. The van der Waals surface area contributed by atoms with Gasteiger partial charge >= 0.3 is 5.97 Å². The van der Waals surface area contributed by atoms with Gasteiger partial charge in [0.2, 0.25) is 0 Å². The SMILES string of the molecule is CCc1cc(F)cc(C)c1C(=O)NC(Cc1ccc(-c2ccc(CNc3cc(OC)ccn3)[nH]2)cc1)C(=O)O. The molecule has 39 heavy (non-hydrogen) atoms. The summed E-state index contributed by atoms with van der Waals surface area (Å²) in [5.74, 6) is -0.659. The van der Waals surface area contributed by atoms with Crippen molar-refractivity contribution in [3.8, 4) is 17.0 Å². The number of H-pyrrole nitrogens is 1. The minimum Gasteiger partial charge on any atom is -0.497 e. The van der Waals surface area contributed by atoms with Gasteiger partial charge in [-0.25, -0.2) is 14.2 Å². The molecule has 0 saturated heterocycles. The quantitative estimate of drug-likeness (QED) is 0.214. The van der Waals surface area contributed by atoms with Gasteiger partial charge in [-0.2, -0.15) is 0 Å². The van der Waals surface area contributed by atoms with Crippen molar-refractivity contribution in [3.63, 3.8) is 0 Å². The van der Waals surface area contributed by atoms with Gasteiger partial charge in [0.05, 0.1) is 13.7 Å². The highest BCUT2D eigenvalue weighted by Crippen LogP contribution is 2.22. The van der Waals surface area contributed by atoms with E-state index in [0.29, 0.717) is 35.5 Å². The monoisotopic (exact) mass is 530 g/mol. The summed E-state index contributed by atoms with van der Waals surface area (Å²) in [6, 6.07) is 16.5. The predicted octanol–water partition coefficient (Wildman–Crippen LogP) is 5.13. The zero-order valence-electron chi connectivity index (χ0n) is 22.0. The fourth-order valence-corrected chi connectivity index (χ4v) is 4.44. The second-order valence-corrected chi connectivity index (χ2v) is 9.21. The highest BCUT2D eigenvalue weighted by atomic mass is 19.1. The number of anilines is 1. The lowest BCUT2D eigenvalue weighted by Gasteiger charge is -2.18. The molecule has 0 saturated carbocycles. The van der Waals surface area contributed by atoms with Gasteiger partial charge < -0.3 is 25.5 Å². The van der Waals surface area contributed by atoms with Gasteiger partial charge in [-0.1, -0.05) is 31.2 Å². The molecule has 8 nitrogen and oxygen atoms in total. The van der Waals surface area contributed by atoms with Crippen LogP contribution in [-0.2, 0) is 24.2 Å². The van der Waals surface area contributed by atoms with Crippen molar-refractivity contribution in [1.29, 1.82) is 0 Å². The molecule has 0 aliphatic carbocycles. The van der Waals surface area contributed by atoms with Crippen LogP contribution in [0.3, 0.4) is 0 Å². The summed E-state index contributed by atoms with van der Waals surface area (Å²) in [4.78, 5) is 32.6. The normalized spacial score (nSPS) is 11.6. The number of amides is 1. The van der Waals surface area contributed by atoms with E-state index < -0.39 is 23.7 Å². The Morgan fingerprint density at radius 1 is 1.10 bits per heavy atom. The van der Waals surface area contributed by atoms with Crippen LogP contribution in [0, 0.1) is 12.7 Å². The number of aromatic amines is 1. The van der Waals surface area contributed by atoms with E-state index in [-0.39, 0.29) is 6.42 Å². The van der Waals surface area contributed by atoms with Gasteiger partial charge in [0, 0.05) is 35.6 Å². The first-order valence-electron chi connectivity index (χ1n) is 12.6. The van der Waals surface area contributed by atoms with Crippen LogP contribution >= 0.6 is 0 Å². The smallest absolute Gasteiger partial charge is 0.326 e. The van der Waals surface area contributed by atoms with Gasteiger partial charge in [0.15, 0.2) is 0 Å². The molecule has 4 rings (SSSR count). The number of aliphatic carboxylic acids is 1. The van der Waals surface area contributed by atoms with E-state index in [1.54, 1.807) is 26.3 Å². The van der Waals surface area contributed by atoms with E-state index in [4.69, 9.17) is 4.74 Å². The lowest BCUT2D eigenvalue weighted by molar-refractivity contribution is -0.139. The summed E-state index contributed by atoms with van der Waals surface area (Å²) in [7, 11) is 1.61. The van der Waals surface area contributed by atoms with E-state index in [1.165, 1.54) is 12.1 Å². The molecule has 4 aromatic rings. The molecule has 0 bridgehead atoms. The van der Waals surface area contributed by atoms with Crippen molar-refractivity contribution in [2.45, 2.75) is 39.3 Å². The maximum atomic E-state index is 13.8. The van der Waals surface area contributed by atoms with Gasteiger partial charge in [-0.3, -0.25) is 4.79 Å². The van der Waals surface area contributed by atoms with Crippen LogP contribution in [0.5, 0.6) is 5.75 Å². The van der Waals surface area contributed by atoms with Crippen LogP contribution in [0.4, 0.5) is 10.2 Å². The first-order chi connectivity index (χ1) is 18.8. The molecule has 202 valence electrons. The standard InChI is InChI=1S/C30H31FN4O4/c1-4-20-15-22(31)13-18(2)28(20)29(36)35-26(30(37)38)14-19-5-7-21(8-6-19)25-10-9-23(34-25)17-33-27-16-24(39-3)11-12-32-27/h5-13,15-16,26,34H,4,14,17H2,1-3H3,(H,32,33)(H,35,36)(H,37,38). The zero-order valence-corrected chi connectivity index (χ0v) is 22.0. The van der Waals surface area contributed by atoms with E-state index in [0.717, 1.165) is 28.3 Å². The van der Waals surface area contributed by atoms with Crippen LogP contribution in [-0.4, -0.2) is 40.1 Å². The summed E-state index contributed by atoms with van der Waals surface area (Å²) < 4.78 is 19.0. The lowest BCUT2D eigenvalue weighted by Crippen LogP contribution is -2.42. The number of nitrogens with one attached hydrogen (secondary N) is 3. The maximum absolute atomic E-state index is 13.8. The molecule has 0 radical (unpaired) electrons. The van der Waals surface area contributed by atoms with E-state index in [1.807, 2.05) is 49.4 Å². The van der Waals surface area contributed by atoms with E-state index in [9.17, 15) is 19.1 Å². The number of aromatic nitrogens is 2. The van der Waals surface area contributed by atoms with Crippen molar-refractivity contribution >= 4 is 17.7 Å². The Hall–Kier alpha value is -4.66. The van der Waals surface area contributed by atoms with Crippen LogP contribution in [0.25, 0.3) is 11.3 Å². The van der Waals surface area contributed by atoms with E-state index in [2.05, 4.69) is 20.6 Å². The van der Waals surface area contributed by atoms with Crippen LogP contribution in [0.15, 0.2) is 66.9 Å². The Morgan fingerprint density at radius 2 is 1.87 bits per heavy atom. The second kappa shape index (κ2) is 12.3. The Labute approximate surface area is 226 Å². The number of ether oxygens (including phenoxy) is 1. The fraction of sp³-hybridized carbons (Fsp3) is 0.233. The molecule has 9 heteroatoms. The third-order valence-electron chi connectivity index (χ3n) is 6.47. The van der Waals surface area contributed by atoms with Gasteiger partial charge in [-0.15, -0.1) is 0 Å². The summed E-state index contributed by atoms with van der Waals surface area (Å²) in [5.41, 5.74) is 4.91. The van der Waals surface area contributed by atoms with Crippen LogP contribution in [0.2, 0.25) is 0 Å². The minimum atomic E-state index is -1.14. The number of nitrogens with zero attached hydrogens (tertiary/aromatic N) is 1. The lowest BCUT2D eigenvalue weighted by atomic mass is 9.98. The second-order valence-electron chi connectivity index (χ2n) is 9.21. The van der Waals surface area contributed by atoms with Crippen LogP contribution in [0.1, 0.15) is 39.7 Å². The summed E-state index contributed by atoms with van der Waals surface area (Å²) >= 11 is 0. The number of carbonyl (C=O) groups is 2. The van der Waals surface area contributed by atoms with Crippen molar-refractivity contribution in [2.24, 2.45) is 0 Å². The number of aryl methyl sites for hydroxylation is 2. The maximum Gasteiger partial charge on any atom is 0.326 e. The molecule has 0 spiro atoms. The van der Waals surface area contributed by atoms with Gasteiger partial charge in [0.25, 0.3) is 5.91 Å². The average Bonchev–Trinajstić information content (AvgIpc) is 3.40. The Morgan fingerprint density at radius 3 is 2.56 bits per heavy atom. The molecule has 1 amide bonds. The molecule has 0 aliphatic rings. The Bertz CT molecular complexity index is 1470. The number of hydrogen-bond acceptors (Lipinski definition) is 5. The zero-order chi connectivity index (χ0) is 27.9. The number of rotatable bonds is 11. The Kier molecular flexibility index (Phi) is 8.60. The number of carbonyl (C=O) groups excluding carboxylic acids is 1. The number of carboxylic acid groups (broad SMARTS) is 1. The number of hydrogen-bond donors (Lipinski definition) is 4. The predicted molar refractivity (Wildman–Crippen MR) is 147 cm³/mol. The van der Waals surface area contributed by atoms with Gasteiger partial charge in [0.1, 0.15) is 23.4 Å². The molecule has 0 fully saturated rings. The topological polar surface area (TPSA) is 116 Å². The largest absolute Gasteiger partial charge is 0.497 e. The van der Waals surface area contributed by atoms with Crippen molar-refractivity contribution in [2.75, 3.05) is 12.4 Å². The first kappa shape index (κ1) is 27.4. The number of pyridine rings is 1. The first-order valence-corrected chi connectivity index (χ1v) is 12.6. The number of carboxylic acids is 1. The van der Waals surface area contributed by atoms with E-state index >= 15 is 0 Å². The average molecular weight is 531 g/mol. The van der Waals surface area contributed by atoms with Gasteiger partial charge in [-0.05, 0) is 65.9 Å². The van der Waals surface area contributed by atoms with Crippen molar-refractivity contribution in [3.05, 3.63) is 101 Å². The Balaban J connectivity index is 1.40. The number of halogens is 1. The molecular formula is C30H31FN4O4.